The second kappa shape index (κ2) is 9.00. The highest BCUT2D eigenvalue weighted by Gasteiger charge is 2.39. The van der Waals surface area contributed by atoms with E-state index in [0.717, 1.165) is 89.1 Å². The van der Waals surface area contributed by atoms with Gasteiger partial charge in [0.1, 0.15) is 0 Å². The van der Waals surface area contributed by atoms with Gasteiger partial charge in [0.25, 0.3) is 5.56 Å². The lowest BCUT2D eigenvalue weighted by molar-refractivity contribution is -0.130. The van der Waals surface area contributed by atoms with Gasteiger partial charge in [-0.15, -0.1) is 0 Å². The molecular formula is C25H36N4O3. The lowest BCUT2D eigenvalue weighted by atomic mass is 9.81. The van der Waals surface area contributed by atoms with E-state index in [-0.39, 0.29) is 29.2 Å². The van der Waals surface area contributed by atoms with Gasteiger partial charge in [0.15, 0.2) is 0 Å². The zero-order valence-electron chi connectivity index (χ0n) is 19.2. The molecule has 4 heterocycles. The highest BCUT2D eigenvalue weighted by molar-refractivity contribution is 5.93. The van der Waals surface area contributed by atoms with Crippen molar-refractivity contribution in [2.75, 3.05) is 31.5 Å². The topological polar surface area (TPSA) is 74.7 Å². The summed E-state index contributed by atoms with van der Waals surface area (Å²) >= 11 is 0. The molecule has 7 heteroatoms. The summed E-state index contributed by atoms with van der Waals surface area (Å²) in [6.45, 7) is 6.02. The molecule has 3 aliphatic heterocycles. The van der Waals surface area contributed by atoms with Gasteiger partial charge in [-0.1, -0.05) is 19.3 Å². The van der Waals surface area contributed by atoms with Crippen LogP contribution in [0.15, 0.2) is 16.9 Å². The van der Waals surface area contributed by atoms with E-state index >= 15 is 0 Å². The van der Waals surface area contributed by atoms with Crippen LogP contribution in [0.2, 0.25) is 0 Å². The van der Waals surface area contributed by atoms with Crippen LogP contribution in [0.1, 0.15) is 69.9 Å². The van der Waals surface area contributed by atoms with Crippen LogP contribution in [-0.4, -0.2) is 58.4 Å². The lowest BCUT2D eigenvalue weighted by Crippen LogP contribution is -2.53. The molecule has 4 aliphatic rings. The average Bonchev–Trinajstić information content (AvgIpc) is 2.81. The molecule has 1 aliphatic carbocycles. The van der Waals surface area contributed by atoms with Crippen molar-refractivity contribution in [3.05, 3.63) is 28.2 Å². The number of likely N-dealkylation sites (tertiary alicyclic amines) is 2. The number of aromatic nitrogens is 1. The van der Waals surface area contributed by atoms with Crippen molar-refractivity contribution < 1.29 is 9.59 Å². The summed E-state index contributed by atoms with van der Waals surface area (Å²) in [5, 5.41) is 3.22. The highest BCUT2D eigenvalue weighted by Crippen LogP contribution is 2.40. The number of rotatable bonds is 3. The van der Waals surface area contributed by atoms with Crippen LogP contribution in [0.4, 0.5) is 5.69 Å². The molecular weight excluding hydrogens is 404 g/mol. The summed E-state index contributed by atoms with van der Waals surface area (Å²) in [5.41, 5.74) is 1.93. The SMILES string of the molecule is CC(=O)N1CCC(N2CC3CC(C2)c2c(NC(=O)C4CCCCC4)ccc(=O)n2C3)CC1. The number of fused-ring (bicyclic) bond motifs is 4. The zero-order chi connectivity index (χ0) is 22.2. The van der Waals surface area contributed by atoms with Gasteiger partial charge >= 0.3 is 0 Å². The molecule has 2 bridgehead atoms. The Morgan fingerprint density at radius 1 is 0.969 bits per heavy atom. The van der Waals surface area contributed by atoms with Crippen molar-refractivity contribution in [3.8, 4) is 0 Å². The molecule has 174 valence electrons. The average molecular weight is 441 g/mol. The third-order valence-electron chi connectivity index (χ3n) is 8.28. The fourth-order valence-electron chi connectivity index (χ4n) is 6.60. The zero-order valence-corrected chi connectivity index (χ0v) is 19.2. The Labute approximate surface area is 190 Å². The van der Waals surface area contributed by atoms with E-state index in [4.69, 9.17) is 0 Å². The summed E-state index contributed by atoms with van der Waals surface area (Å²) in [6, 6.07) is 3.95. The number of hydrogen-bond donors (Lipinski definition) is 1. The molecule has 2 amide bonds. The number of nitrogens with zero attached hydrogens (tertiary/aromatic N) is 3. The van der Waals surface area contributed by atoms with Crippen LogP contribution in [0.3, 0.4) is 0 Å². The largest absolute Gasteiger partial charge is 0.343 e. The molecule has 1 saturated carbocycles. The minimum Gasteiger partial charge on any atom is -0.343 e. The Morgan fingerprint density at radius 2 is 1.72 bits per heavy atom. The fraction of sp³-hybridized carbons (Fsp3) is 0.720. The first-order chi connectivity index (χ1) is 15.5. The van der Waals surface area contributed by atoms with Crippen molar-refractivity contribution in [2.45, 2.75) is 76.8 Å². The van der Waals surface area contributed by atoms with Crippen LogP contribution in [-0.2, 0) is 16.1 Å². The molecule has 2 unspecified atom stereocenters. The third kappa shape index (κ3) is 4.24. The number of hydrogen-bond acceptors (Lipinski definition) is 4. The predicted molar refractivity (Wildman–Crippen MR) is 124 cm³/mol. The predicted octanol–water partition coefficient (Wildman–Crippen LogP) is 2.80. The van der Waals surface area contributed by atoms with Gasteiger partial charge in [-0.25, -0.2) is 0 Å². The fourth-order valence-corrected chi connectivity index (χ4v) is 6.60. The molecule has 0 spiro atoms. The van der Waals surface area contributed by atoms with Gasteiger partial charge in [-0.3, -0.25) is 19.3 Å². The maximum atomic E-state index is 13.0. The minimum absolute atomic E-state index is 0.0496. The van der Waals surface area contributed by atoms with E-state index in [0.29, 0.717) is 12.0 Å². The number of carbonyl (C=O) groups is 2. The maximum absolute atomic E-state index is 13.0. The van der Waals surface area contributed by atoms with Crippen LogP contribution in [0.5, 0.6) is 0 Å². The van der Waals surface area contributed by atoms with Crippen LogP contribution in [0.25, 0.3) is 0 Å². The summed E-state index contributed by atoms with van der Waals surface area (Å²) in [6.07, 6.45) is 8.55. The maximum Gasteiger partial charge on any atom is 0.250 e. The minimum atomic E-state index is 0.0496. The summed E-state index contributed by atoms with van der Waals surface area (Å²) in [5.74, 6) is 1.13. The van der Waals surface area contributed by atoms with E-state index in [1.807, 2.05) is 15.5 Å². The second-order valence-corrected chi connectivity index (χ2v) is 10.4. The summed E-state index contributed by atoms with van der Waals surface area (Å²) in [7, 11) is 0. The van der Waals surface area contributed by atoms with E-state index in [1.54, 1.807) is 13.0 Å². The molecule has 2 saturated heterocycles. The normalized spacial score (nSPS) is 27.1. The van der Waals surface area contributed by atoms with E-state index in [2.05, 4.69) is 10.2 Å². The van der Waals surface area contributed by atoms with Gasteiger partial charge in [0.05, 0.1) is 5.69 Å². The van der Waals surface area contributed by atoms with Gasteiger partial charge < -0.3 is 14.8 Å². The smallest absolute Gasteiger partial charge is 0.250 e. The summed E-state index contributed by atoms with van der Waals surface area (Å²) < 4.78 is 1.94. The lowest BCUT2D eigenvalue weighted by Gasteiger charge is -2.48. The first kappa shape index (κ1) is 21.7. The van der Waals surface area contributed by atoms with E-state index in [1.165, 1.54) is 6.42 Å². The van der Waals surface area contributed by atoms with Crippen molar-refractivity contribution in [3.63, 3.8) is 0 Å². The Bertz CT molecular complexity index is 928. The van der Waals surface area contributed by atoms with Crippen molar-refractivity contribution in [2.24, 2.45) is 11.8 Å². The number of amides is 2. The monoisotopic (exact) mass is 440 g/mol. The molecule has 1 aromatic heterocycles. The highest BCUT2D eigenvalue weighted by atomic mass is 16.2. The first-order valence-corrected chi connectivity index (χ1v) is 12.5. The van der Waals surface area contributed by atoms with Crippen LogP contribution >= 0.6 is 0 Å². The molecule has 0 radical (unpaired) electrons. The number of nitrogens with one attached hydrogen (secondary N) is 1. The van der Waals surface area contributed by atoms with Crippen molar-refractivity contribution in [1.29, 1.82) is 0 Å². The Kier molecular flexibility index (Phi) is 6.10. The number of carbonyl (C=O) groups excluding carboxylic acids is 2. The van der Waals surface area contributed by atoms with Gasteiger partial charge in [0, 0.05) is 69.3 Å². The van der Waals surface area contributed by atoms with Gasteiger partial charge in [-0.2, -0.15) is 0 Å². The molecule has 0 aromatic carbocycles. The summed E-state index contributed by atoms with van der Waals surface area (Å²) in [4.78, 5) is 41.9. The molecule has 32 heavy (non-hydrogen) atoms. The Balaban J connectivity index is 1.34. The Hall–Kier alpha value is -2.15. The molecule has 5 rings (SSSR count). The van der Waals surface area contributed by atoms with Gasteiger partial charge in [0.2, 0.25) is 11.8 Å². The van der Waals surface area contributed by atoms with Gasteiger partial charge in [-0.05, 0) is 44.1 Å². The second-order valence-electron chi connectivity index (χ2n) is 10.4. The molecule has 2 atom stereocenters. The molecule has 1 aromatic rings. The van der Waals surface area contributed by atoms with Crippen molar-refractivity contribution >= 4 is 17.5 Å². The van der Waals surface area contributed by atoms with Crippen molar-refractivity contribution in [1.82, 2.24) is 14.4 Å². The number of anilines is 1. The van der Waals surface area contributed by atoms with Crippen LogP contribution in [0, 0.1) is 11.8 Å². The number of piperidine rings is 2. The quantitative estimate of drug-likeness (QED) is 0.784. The Morgan fingerprint density at radius 3 is 2.44 bits per heavy atom. The van der Waals surface area contributed by atoms with E-state index < -0.39 is 0 Å². The van der Waals surface area contributed by atoms with Crippen LogP contribution < -0.4 is 10.9 Å². The molecule has 3 fully saturated rings. The number of pyridine rings is 1. The van der Waals surface area contributed by atoms with E-state index in [9.17, 15) is 14.4 Å². The first-order valence-electron chi connectivity index (χ1n) is 12.5. The molecule has 1 N–H and O–H groups in total. The third-order valence-corrected chi connectivity index (χ3v) is 8.28. The standard InChI is InChI=1S/C25H36N4O3/c1-17(30)27-11-9-21(10-12-27)28-14-18-13-20(16-28)24-22(7-8-23(31)29(24)15-18)26-25(32)19-5-3-2-4-6-19/h7-8,18-21H,2-6,9-16H2,1H3,(H,26,32). The molecule has 7 nitrogen and oxygen atoms in total.